The second-order valence-corrected chi connectivity index (χ2v) is 12.3. The summed E-state index contributed by atoms with van der Waals surface area (Å²) in [5.74, 6) is 4.10. The molecule has 0 aromatic heterocycles. The number of carbonyl (C=O) groups excluding carboxylic acids is 1. The first-order chi connectivity index (χ1) is 17.7. The van der Waals surface area contributed by atoms with E-state index in [1.54, 1.807) is 0 Å². The number of Topliss-reactive ketones (excluding diaryl/α,β-unsaturated/α-hetero) is 1. The molecule has 7 rings (SSSR count). The largest absolute Gasteiger partial charge is 0.294 e. The van der Waals surface area contributed by atoms with Crippen LogP contribution in [0.25, 0.3) is 11.6 Å². The highest BCUT2D eigenvalue weighted by molar-refractivity contribution is 5.99. The Bertz CT molecular complexity index is 1270. The third kappa shape index (κ3) is 3.96. The average Bonchev–Trinajstić information content (AvgIpc) is 3.30. The van der Waals surface area contributed by atoms with Crippen LogP contribution in [0.5, 0.6) is 0 Å². The minimum atomic E-state index is 0.239. The Balaban J connectivity index is 1.14. The molecule has 0 saturated heterocycles. The summed E-state index contributed by atoms with van der Waals surface area (Å²) in [7, 11) is 0. The molecule has 5 atom stereocenters. The molecule has 1 heteroatoms. The van der Waals surface area contributed by atoms with Crippen LogP contribution < -0.4 is 0 Å². The van der Waals surface area contributed by atoms with Crippen LogP contribution in [0.3, 0.4) is 0 Å². The van der Waals surface area contributed by atoms with Gasteiger partial charge >= 0.3 is 0 Å². The molecule has 1 nitrogen and oxygen atoms in total. The van der Waals surface area contributed by atoms with Gasteiger partial charge in [0.15, 0.2) is 5.78 Å². The predicted octanol–water partition coefficient (Wildman–Crippen LogP) is 9.03. The quantitative estimate of drug-likeness (QED) is 0.382. The van der Waals surface area contributed by atoms with Crippen molar-refractivity contribution in [3.63, 3.8) is 0 Å². The second-order valence-electron chi connectivity index (χ2n) is 12.3. The third-order valence-electron chi connectivity index (χ3n) is 10.2. The van der Waals surface area contributed by atoms with Crippen molar-refractivity contribution in [2.45, 2.75) is 70.6 Å². The first-order valence-corrected chi connectivity index (χ1v) is 14.5. The number of rotatable bonds is 6. The van der Waals surface area contributed by atoms with Gasteiger partial charge < -0.3 is 0 Å². The van der Waals surface area contributed by atoms with Crippen molar-refractivity contribution in [3.05, 3.63) is 94.1 Å². The first kappa shape index (κ1) is 22.5. The number of fused-ring (bicyclic) bond motifs is 2. The summed E-state index contributed by atoms with van der Waals surface area (Å²) >= 11 is 0. The summed E-state index contributed by atoms with van der Waals surface area (Å²) in [4.78, 5) is 13.5. The zero-order chi connectivity index (χ0) is 24.2. The highest BCUT2D eigenvalue weighted by Crippen LogP contribution is 2.51. The highest BCUT2D eigenvalue weighted by atomic mass is 16.1. The smallest absolute Gasteiger partial charge is 0.165 e. The minimum absolute atomic E-state index is 0.239. The lowest BCUT2D eigenvalue weighted by molar-refractivity contribution is 0.0837. The summed E-state index contributed by atoms with van der Waals surface area (Å²) in [6.07, 6.45) is 18.8. The maximum absolute atomic E-state index is 13.5. The lowest BCUT2D eigenvalue weighted by Crippen LogP contribution is -2.26. The van der Waals surface area contributed by atoms with Crippen molar-refractivity contribution in [1.29, 1.82) is 0 Å². The molecule has 0 spiro atoms. The van der Waals surface area contributed by atoms with Gasteiger partial charge in [-0.05, 0) is 82.9 Å². The molecule has 0 N–H and O–H groups in total. The van der Waals surface area contributed by atoms with E-state index in [9.17, 15) is 4.79 Å². The summed E-state index contributed by atoms with van der Waals surface area (Å²) < 4.78 is 0. The maximum Gasteiger partial charge on any atom is 0.165 e. The van der Waals surface area contributed by atoms with Crippen molar-refractivity contribution >= 4 is 17.4 Å². The van der Waals surface area contributed by atoms with Crippen molar-refractivity contribution in [1.82, 2.24) is 0 Å². The Labute approximate surface area is 216 Å². The molecule has 0 amide bonds. The molecule has 3 fully saturated rings. The number of hydrogen-bond donors (Lipinski definition) is 0. The Hall–Kier alpha value is -2.67. The lowest BCUT2D eigenvalue weighted by atomic mass is 9.73. The molecule has 5 aliphatic carbocycles. The van der Waals surface area contributed by atoms with Gasteiger partial charge in [0.2, 0.25) is 0 Å². The number of benzene rings is 2. The Kier molecular flexibility index (Phi) is 5.64. The third-order valence-corrected chi connectivity index (χ3v) is 10.2. The molecular formula is C35H38O. The van der Waals surface area contributed by atoms with Gasteiger partial charge in [0, 0.05) is 23.3 Å². The predicted molar refractivity (Wildman–Crippen MR) is 149 cm³/mol. The normalized spacial score (nSPS) is 30.9. The van der Waals surface area contributed by atoms with Crippen molar-refractivity contribution < 1.29 is 4.79 Å². The van der Waals surface area contributed by atoms with Gasteiger partial charge in [0.25, 0.3) is 0 Å². The van der Waals surface area contributed by atoms with Crippen LogP contribution in [-0.4, -0.2) is 5.78 Å². The molecule has 5 aliphatic rings. The van der Waals surface area contributed by atoms with E-state index >= 15 is 0 Å². The van der Waals surface area contributed by atoms with Gasteiger partial charge in [-0.2, -0.15) is 0 Å². The fraction of sp³-hybridized carbons (Fsp3) is 0.457. The molecule has 0 radical (unpaired) electrons. The Morgan fingerprint density at radius 1 is 0.833 bits per heavy atom. The van der Waals surface area contributed by atoms with Gasteiger partial charge in [-0.3, -0.25) is 4.79 Å². The number of hydrogen-bond acceptors (Lipinski definition) is 1. The molecule has 2 aromatic rings. The minimum Gasteiger partial charge on any atom is -0.294 e. The van der Waals surface area contributed by atoms with Gasteiger partial charge in [-0.25, -0.2) is 0 Å². The van der Waals surface area contributed by atoms with E-state index in [0.29, 0.717) is 17.6 Å². The fourth-order valence-corrected chi connectivity index (χ4v) is 7.96. The second kappa shape index (κ2) is 9.02. The van der Waals surface area contributed by atoms with E-state index in [-0.39, 0.29) is 5.92 Å². The van der Waals surface area contributed by atoms with Gasteiger partial charge in [0.05, 0.1) is 0 Å². The zero-order valence-corrected chi connectivity index (χ0v) is 21.6. The summed E-state index contributed by atoms with van der Waals surface area (Å²) in [6.45, 7) is 2.36. The van der Waals surface area contributed by atoms with E-state index in [4.69, 9.17) is 0 Å². The van der Waals surface area contributed by atoms with Gasteiger partial charge in [0.1, 0.15) is 0 Å². The highest BCUT2D eigenvalue weighted by Gasteiger charge is 2.38. The number of ketones is 1. The number of allylic oxidation sites excluding steroid dienone is 5. The first-order valence-electron chi connectivity index (χ1n) is 14.5. The van der Waals surface area contributed by atoms with E-state index in [0.717, 1.165) is 36.2 Å². The van der Waals surface area contributed by atoms with E-state index < -0.39 is 0 Å². The molecular weight excluding hydrogens is 436 g/mol. The molecule has 0 heterocycles. The monoisotopic (exact) mass is 474 g/mol. The maximum atomic E-state index is 13.5. The van der Waals surface area contributed by atoms with Crippen LogP contribution in [-0.2, 0) is 0 Å². The number of carbonyl (C=O) groups is 1. The van der Waals surface area contributed by atoms with E-state index in [1.165, 1.54) is 78.4 Å². The topological polar surface area (TPSA) is 17.1 Å². The zero-order valence-electron chi connectivity index (χ0n) is 21.6. The van der Waals surface area contributed by atoms with Gasteiger partial charge in [-0.15, -0.1) is 0 Å². The van der Waals surface area contributed by atoms with E-state index in [1.807, 2.05) is 0 Å². The fourth-order valence-electron chi connectivity index (χ4n) is 7.96. The molecule has 5 unspecified atom stereocenters. The molecule has 184 valence electrons. The van der Waals surface area contributed by atoms with Crippen molar-refractivity contribution in [2.75, 3.05) is 0 Å². The summed E-state index contributed by atoms with van der Waals surface area (Å²) in [5, 5.41) is 0. The van der Waals surface area contributed by atoms with Crippen LogP contribution in [0.1, 0.15) is 97.7 Å². The molecule has 2 aromatic carbocycles. The Morgan fingerprint density at radius 3 is 2.47 bits per heavy atom. The Morgan fingerprint density at radius 2 is 1.64 bits per heavy atom. The average molecular weight is 475 g/mol. The van der Waals surface area contributed by atoms with Crippen LogP contribution in [0.15, 0.2) is 71.8 Å². The van der Waals surface area contributed by atoms with Crippen LogP contribution in [0.2, 0.25) is 0 Å². The van der Waals surface area contributed by atoms with Crippen LogP contribution >= 0.6 is 0 Å². The lowest BCUT2D eigenvalue weighted by Gasteiger charge is -2.31. The van der Waals surface area contributed by atoms with Crippen molar-refractivity contribution in [2.24, 2.45) is 29.6 Å². The molecule has 3 saturated carbocycles. The molecule has 0 aliphatic heterocycles. The SMILES string of the molecule is CC1C(C2=CC=C(c3ccccc3)C2CC2CC2)=Cc2cc(C(=O)C3CCC4CCCC4C3)ccc21. The van der Waals surface area contributed by atoms with Crippen LogP contribution in [0, 0.1) is 29.6 Å². The van der Waals surface area contributed by atoms with Crippen LogP contribution in [0.4, 0.5) is 0 Å². The van der Waals surface area contributed by atoms with Crippen molar-refractivity contribution in [3.8, 4) is 0 Å². The summed E-state index contributed by atoms with van der Waals surface area (Å²) in [5.41, 5.74) is 9.43. The van der Waals surface area contributed by atoms with E-state index in [2.05, 4.69) is 73.7 Å². The molecule has 0 bridgehead atoms. The molecule has 36 heavy (non-hydrogen) atoms. The summed E-state index contributed by atoms with van der Waals surface area (Å²) in [6, 6.07) is 17.6. The van der Waals surface area contributed by atoms with Gasteiger partial charge in [-0.1, -0.05) is 99.7 Å². The standard InChI is InChI=1S/C35H38O/c1-22-30-15-14-28(35(36)27-13-12-24-8-5-9-26(24)19-27)20-29(30)21-33(22)32-17-16-31(25-6-3-2-4-7-25)34(32)18-23-10-11-23/h2-4,6-7,14-17,20-24,26-27,34H,5,8-13,18-19H2,1H3.